The summed E-state index contributed by atoms with van der Waals surface area (Å²) in [6, 6.07) is 16.8. The first kappa shape index (κ1) is 28.7. The van der Waals surface area contributed by atoms with Crippen LogP contribution in [0.15, 0.2) is 73.1 Å². The quantitative estimate of drug-likeness (QED) is 0.197. The highest BCUT2D eigenvalue weighted by Gasteiger charge is 2.35. The van der Waals surface area contributed by atoms with Crippen LogP contribution in [0.1, 0.15) is 40.9 Å². The lowest BCUT2D eigenvalue weighted by molar-refractivity contribution is 0.0921. The minimum Gasteiger partial charge on any atom is -0.457 e. The third-order valence-electron chi connectivity index (χ3n) is 7.82. The smallest absolute Gasteiger partial charge is 0.331 e. The minimum absolute atomic E-state index is 0.0416. The van der Waals surface area contributed by atoms with Gasteiger partial charge >= 0.3 is 6.03 Å². The van der Waals surface area contributed by atoms with Crippen LogP contribution in [0.4, 0.5) is 21.9 Å². The van der Waals surface area contributed by atoms with Crippen LogP contribution in [0.5, 0.6) is 11.5 Å². The van der Waals surface area contributed by atoms with Crippen molar-refractivity contribution in [1.82, 2.24) is 20.5 Å². The van der Waals surface area contributed by atoms with Crippen LogP contribution in [0.25, 0.3) is 10.2 Å². The van der Waals surface area contributed by atoms with Crippen LogP contribution in [0, 0.1) is 6.92 Å². The van der Waals surface area contributed by atoms with Crippen molar-refractivity contribution < 1.29 is 14.3 Å². The number of nitrogens with one attached hydrogen (secondary N) is 3. The summed E-state index contributed by atoms with van der Waals surface area (Å²) in [5.41, 5.74) is 3.74. The Bertz CT molecular complexity index is 1680. The maximum Gasteiger partial charge on any atom is 0.331 e. The van der Waals surface area contributed by atoms with Gasteiger partial charge in [-0.25, -0.2) is 9.78 Å². The van der Waals surface area contributed by atoms with E-state index < -0.39 is 0 Å². The number of hydrogen-bond acceptors (Lipinski definition) is 7. The zero-order valence-corrected chi connectivity index (χ0v) is 25.5. The third kappa shape index (κ3) is 5.93. The number of anilines is 3. The molecule has 0 saturated heterocycles. The van der Waals surface area contributed by atoms with Crippen molar-refractivity contribution in [2.75, 3.05) is 30.9 Å². The van der Waals surface area contributed by atoms with E-state index in [2.05, 4.69) is 32.4 Å². The second-order valence-electron chi connectivity index (χ2n) is 11.4. The molecule has 10 heteroatoms. The van der Waals surface area contributed by atoms with Crippen LogP contribution in [-0.2, 0) is 0 Å². The number of aryl methyl sites for hydroxylation is 1. The van der Waals surface area contributed by atoms with Crippen LogP contribution >= 0.6 is 11.3 Å². The van der Waals surface area contributed by atoms with Gasteiger partial charge in [0.1, 0.15) is 21.2 Å². The monoisotopic (exact) mass is 596 g/mol. The topological polar surface area (TPSA) is 98.8 Å². The Kier molecular flexibility index (Phi) is 8.05. The van der Waals surface area contributed by atoms with Gasteiger partial charge in [-0.05, 0) is 75.8 Å². The number of pyridine rings is 1. The predicted molar refractivity (Wildman–Crippen MR) is 173 cm³/mol. The van der Waals surface area contributed by atoms with Gasteiger partial charge in [-0.1, -0.05) is 37.6 Å². The molecular formula is C33H36N6O3S. The van der Waals surface area contributed by atoms with Gasteiger partial charge in [0.05, 0.1) is 22.4 Å². The molecule has 1 saturated carbocycles. The van der Waals surface area contributed by atoms with Gasteiger partial charge in [-0.15, -0.1) is 11.3 Å². The largest absolute Gasteiger partial charge is 0.457 e. The Morgan fingerprint density at radius 2 is 1.81 bits per heavy atom. The molecule has 3 amide bonds. The number of rotatable bonds is 9. The molecule has 9 nitrogen and oxygen atoms in total. The van der Waals surface area contributed by atoms with Gasteiger partial charge in [-0.2, -0.15) is 0 Å². The SMILES string of the molecule is C=C(CN(C)C)N[C@H]1CCCC[C@H]1NC(=O)c1sc2nccc3c2c1NC(=O)N3c1ccc(Oc2ccccc2)cc1C. The number of para-hydroxylation sites is 1. The molecule has 2 atom stereocenters. The molecule has 4 aromatic rings. The normalized spacial score (nSPS) is 18.0. The van der Waals surface area contributed by atoms with Crippen molar-refractivity contribution in [3.63, 3.8) is 0 Å². The van der Waals surface area contributed by atoms with Gasteiger partial charge < -0.3 is 25.6 Å². The lowest BCUT2D eigenvalue weighted by Crippen LogP contribution is -2.51. The highest BCUT2D eigenvalue weighted by atomic mass is 32.1. The number of likely N-dealkylation sites (N-methyl/N-ethyl adjacent to an activating group) is 1. The summed E-state index contributed by atoms with van der Waals surface area (Å²) in [6.07, 6.45) is 5.68. The van der Waals surface area contributed by atoms with Crippen molar-refractivity contribution in [1.29, 1.82) is 0 Å². The summed E-state index contributed by atoms with van der Waals surface area (Å²) in [4.78, 5) is 36.8. The lowest BCUT2D eigenvalue weighted by atomic mass is 9.90. The predicted octanol–water partition coefficient (Wildman–Crippen LogP) is 6.79. The van der Waals surface area contributed by atoms with Gasteiger partial charge in [0.15, 0.2) is 0 Å². The molecule has 1 aliphatic carbocycles. The van der Waals surface area contributed by atoms with Gasteiger partial charge in [0.25, 0.3) is 5.91 Å². The number of nitrogens with zero attached hydrogens (tertiary/aromatic N) is 3. The molecule has 43 heavy (non-hydrogen) atoms. The van der Waals surface area contributed by atoms with E-state index in [1.807, 2.05) is 75.6 Å². The molecule has 6 rings (SSSR count). The maximum absolute atomic E-state index is 13.7. The van der Waals surface area contributed by atoms with Gasteiger partial charge in [0.2, 0.25) is 0 Å². The molecule has 1 fully saturated rings. The summed E-state index contributed by atoms with van der Waals surface area (Å²) in [7, 11) is 4.02. The first-order valence-corrected chi connectivity index (χ1v) is 15.4. The molecule has 222 valence electrons. The fourth-order valence-electron chi connectivity index (χ4n) is 5.95. The Morgan fingerprint density at radius 1 is 1.07 bits per heavy atom. The molecule has 0 unspecified atom stereocenters. The summed E-state index contributed by atoms with van der Waals surface area (Å²) in [5, 5.41) is 10.6. The summed E-state index contributed by atoms with van der Waals surface area (Å²) in [6.45, 7) is 6.85. The number of hydrogen-bond donors (Lipinski definition) is 3. The molecule has 0 spiro atoms. The number of thiophene rings is 1. The third-order valence-corrected chi connectivity index (χ3v) is 8.92. The Morgan fingerprint density at radius 3 is 2.53 bits per heavy atom. The number of urea groups is 1. The van der Waals surface area contributed by atoms with Crippen molar-refractivity contribution in [2.24, 2.45) is 0 Å². The Labute approximate surface area is 255 Å². The number of amides is 3. The Hall–Kier alpha value is -4.41. The van der Waals surface area contributed by atoms with E-state index in [4.69, 9.17) is 4.74 Å². The maximum atomic E-state index is 13.7. The average Bonchev–Trinajstić information content (AvgIpc) is 3.34. The molecule has 1 aliphatic heterocycles. The van der Waals surface area contributed by atoms with E-state index in [1.165, 1.54) is 11.3 Å². The van der Waals surface area contributed by atoms with Crippen molar-refractivity contribution in [2.45, 2.75) is 44.7 Å². The minimum atomic E-state index is -0.329. The molecule has 3 heterocycles. The average molecular weight is 597 g/mol. The van der Waals surface area contributed by atoms with Crippen LogP contribution in [-0.4, -0.2) is 54.5 Å². The second-order valence-corrected chi connectivity index (χ2v) is 12.4. The standard InChI is InChI=1S/C33H36N6O3S/c1-20-18-23(42-22-10-6-5-7-11-22)14-15-26(20)39-27-16-17-34-32-28(27)29(37-33(39)41)30(43-32)31(40)36-25-13-9-8-12-24(25)35-21(2)19-38(3)4/h5-7,10-11,14-18,24-25,35H,2,8-9,12-13,19H2,1,3-4H3,(H,36,40)(H,37,41)/t24-,25+/m0/s1. The zero-order chi connectivity index (χ0) is 30.1. The van der Waals surface area contributed by atoms with Crippen molar-refractivity contribution in [3.05, 3.63) is 83.5 Å². The first-order valence-electron chi connectivity index (χ1n) is 14.5. The summed E-state index contributed by atoms with van der Waals surface area (Å²) >= 11 is 1.30. The second kappa shape index (κ2) is 12.1. The van der Waals surface area contributed by atoms with Crippen molar-refractivity contribution >= 4 is 50.6 Å². The van der Waals surface area contributed by atoms with Gasteiger partial charge in [-0.3, -0.25) is 9.69 Å². The van der Waals surface area contributed by atoms with E-state index in [9.17, 15) is 9.59 Å². The van der Waals surface area contributed by atoms with E-state index in [-0.39, 0.29) is 24.0 Å². The van der Waals surface area contributed by atoms with Crippen LogP contribution < -0.4 is 25.6 Å². The van der Waals surface area contributed by atoms with Crippen LogP contribution in [0.2, 0.25) is 0 Å². The summed E-state index contributed by atoms with van der Waals surface area (Å²) < 4.78 is 6.00. The molecular weight excluding hydrogens is 560 g/mol. The van der Waals surface area contributed by atoms with Crippen LogP contribution in [0.3, 0.4) is 0 Å². The molecule has 2 aromatic carbocycles. The zero-order valence-electron chi connectivity index (χ0n) is 24.6. The number of benzene rings is 2. The molecule has 0 radical (unpaired) electrons. The number of aromatic nitrogens is 1. The first-order chi connectivity index (χ1) is 20.8. The highest BCUT2D eigenvalue weighted by molar-refractivity contribution is 7.21. The van der Waals surface area contributed by atoms with Crippen molar-refractivity contribution in [3.8, 4) is 11.5 Å². The molecule has 2 aromatic heterocycles. The fraction of sp³-hybridized carbons (Fsp3) is 0.303. The van der Waals surface area contributed by atoms with E-state index >= 15 is 0 Å². The fourth-order valence-corrected chi connectivity index (χ4v) is 6.97. The number of carbonyl (C=O) groups excluding carboxylic acids is 2. The van der Waals surface area contributed by atoms with E-state index in [1.54, 1.807) is 11.1 Å². The van der Waals surface area contributed by atoms with Gasteiger partial charge in [0, 0.05) is 30.5 Å². The lowest BCUT2D eigenvalue weighted by Gasteiger charge is -2.34. The molecule has 3 N–H and O–H groups in total. The molecule has 0 bridgehead atoms. The van der Waals surface area contributed by atoms with E-state index in [0.29, 0.717) is 26.8 Å². The number of carbonyl (C=O) groups is 2. The van der Waals surface area contributed by atoms with E-state index in [0.717, 1.165) is 60.3 Å². The highest BCUT2D eigenvalue weighted by Crippen LogP contribution is 2.46. The summed E-state index contributed by atoms with van der Waals surface area (Å²) in [5.74, 6) is 1.22. The Balaban J connectivity index is 1.27. The molecule has 2 aliphatic rings. The number of ether oxygens (including phenoxy) is 1.